The van der Waals surface area contributed by atoms with Gasteiger partial charge in [-0.1, -0.05) is 0 Å². The minimum Gasteiger partial charge on any atom is -0.504 e. The molecule has 234 valence electrons. The number of carbonyl (C=O) groups excluding carboxylic acids is 2. The van der Waals surface area contributed by atoms with Crippen molar-refractivity contribution in [3.05, 3.63) is 41.5 Å². The van der Waals surface area contributed by atoms with E-state index in [9.17, 15) is 14.7 Å². The Morgan fingerprint density at radius 1 is 0.571 bits per heavy atom. The smallest absolute Gasteiger partial charge is 0.233 e. The van der Waals surface area contributed by atoms with Crippen LogP contribution in [0, 0.1) is 0 Å². The Morgan fingerprint density at radius 2 is 1.00 bits per heavy atom. The molecule has 0 aliphatic carbocycles. The van der Waals surface area contributed by atoms with Crippen LogP contribution < -0.4 is 18.9 Å². The van der Waals surface area contributed by atoms with E-state index in [2.05, 4.69) is 0 Å². The lowest BCUT2D eigenvalue weighted by Crippen LogP contribution is -2.16. The first kappa shape index (κ1) is 34.7. The van der Waals surface area contributed by atoms with Crippen LogP contribution in [0.25, 0.3) is 0 Å². The van der Waals surface area contributed by atoms with Gasteiger partial charge < -0.3 is 52.8 Å². The number of hydrogen-bond acceptors (Lipinski definition) is 13. The molecule has 2 aromatic rings. The highest BCUT2D eigenvalue weighted by Gasteiger charge is 2.23. The van der Waals surface area contributed by atoms with Crippen LogP contribution in [-0.2, 0) is 23.7 Å². The van der Waals surface area contributed by atoms with Crippen LogP contribution in [0.5, 0.6) is 28.7 Å². The fourth-order valence-electron chi connectivity index (χ4n) is 3.49. The lowest BCUT2D eigenvalue weighted by molar-refractivity contribution is -0.0147. The molecule has 42 heavy (non-hydrogen) atoms. The summed E-state index contributed by atoms with van der Waals surface area (Å²) in [5.41, 5.74) is -0.00721. The van der Waals surface area contributed by atoms with E-state index in [4.69, 9.17) is 47.7 Å². The molecule has 13 heteroatoms. The summed E-state index contributed by atoms with van der Waals surface area (Å²) in [5, 5.41) is 19.0. The highest BCUT2D eigenvalue weighted by Crippen LogP contribution is 2.38. The molecule has 0 aromatic heterocycles. The number of rotatable bonds is 24. The molecule has 0 heterocycles. The van der Waals surface area contributed by atoms with Crippen LogP contribution in [0.3, 0.4) is 0 Å². The minimum absolute atomic E-state index is 0.00564. The van der Waals surface area contributed by atoms with Gasteiger partial charge in [-0.05, 0) is 24.3 Å². The molecule has 0 bridgehead atoms. The van der Waals surface area contributed by atoms with Crippen LogP contribution >= 0.6 is 0 Å². The summed E-state index contributed by atoms with van der Waals surface area (Å²) in [5.74, 6) is -1.23. The number of phenolic OH excluding ortho intramolecular Hbond substituents is 1. The number of ketones is 2. The zero-order valence-electron chi connectivity index (χ0n) is 24.3. The van der Waals surface area contributed by atoms with Crippen molar-refractivity contribution in [2.24, 2.45) is 0 Å². The number of benzene rings is 2. The van der Waals surface area contributed by atoms with Gasteiger partial charge in [0.05, 0.1) is 94.0 Å². The molecular formula is C29H40O13. The number of carbonyl (C=O) groups is 2. The van der Waals surface area contributed by atoms with Crippen molar-refractivity contribution < 1.29 is 62.4 Å². The highest BCUT2D eigenvalue weighted by atomic mass is 16.6. The van der Waals surface area contributed by atoms with Gasteiger partial charge in [-0.3, -0.25) is 9.59 Å². The Labute approximate surface area is 245 Å². The van der Waals surface area contributed by atoms with E-state index in [0.717, 1.165) is 6.07 Å². The van der Waals surface area contributed by atoms with Crippen molar-refractivity contribution in [3.63, 3.8) is 0 Å². The van der Waals surface area contributed by atoms with Gasteiger partial charge in [0.25, 0.3) is 0 Å². The average Bonchev–Trinajstić information content (AvgIpc) is 3.01. The quantitative estimate of drug-likeness (QED) is 0.103. The molecule has 0 aliphatic rings. The largest absolute Gasteiger partial charge is 0.504 e. The number of ether oxygens (including phenoxy) is 9. The summed E-state index contributed by atoms with van der Waals surface area (Å²) >= 11 is 0. The molecule has 13 nitrogen and oxygen atoms in total. The number of aliphatic hydroxyl groups is 1. The Hall–Kier alpha value is -3.46. The molecule has 0 amide bonds. The summed E-state index contributed by atoms with van der Waals surface area (Å²) in [6.07, 6.45) is 0. The average molecular weight is 597 g/mol. The third-order valence-electron chi connectivity index (χ3n) is 5.53. The second-order valence-electron chi connectivity index (χ2n) is 8.42. The minimum atomic E-state index is -0.859. The van der Waals surface area contributed by atoms with E-state index < -0.39 is 11.6 Å². The molecule has 2 N–H and O–H groups in total. The maximum atomic E-state index is 13.0. The zero-order valence-corrected chi connectivity index (χ0v) is 24.3. The van der Waals surface area contributed by atoms with Crippen LogP contribution in [0.1, 0.15) is 20.7 Å². The monoisotopic (exact) mass is 596 g/mol. The topological polar surface area (TPSA) is 158 Å². The SMILES string of the molecule is COc1cc(OC)cc(C(=O)C(=O)c2cc(O)c(OC)c(OCCOCCOCCOCCOCCOCCO)c2)c1. The molecule has 0 saturated heterocycles. The maximum absolute atomic E-state index is 13.0. The van der Waals surface area contributed by atoms with Crippen molar-refractivity contribution in [1.29, 1.82) is 0 Å². The molecule has 2 rings (SSSR count). The standard InChI is InChI=1S/C29H40O13/c1-34-23-16-21(17-24(20-23)35-2)27(32)28(33)22-18-25(31)29(36-3)26(19-22)42-15-14-41-13-12-40-11-10-39-9-8-38-7-6-37-5-4-30/h16-20,30-31H,4-15H2,1-3H3. The summed E-state index contributed by atoms with van der Waals surface area (Å²) in [6, 6.07) is 6.90. The van der Waals surface area contributed by atoms with E-state index in [1.54, 1.807) is 6.07 Å². The van der Waals surface area contributed by atoms with E-state index in [1.807, 2.05) is 0 Å². The van der Waals surface area contributed by atoms with E-state index in [1.165, 1.54) is 39.5 Å². The summed E-state index contributed by atoms with van der Waals surface area (Å²) in [7, 11) is 4.21. The summed E-state index contributed by atoms with van der Waals surface area (Å²) in [4.78, 5) is 25.9. The van der Waals surface area contributed by atoms with Crippen molar-refractivity contribution in [1.82, 2.24) is 0 Å². The summed E-state index contributed by atoms with van der Waals surface area (Å²) < 4.78 is 47.9. The van der Waals surface area contributed by atoms with E-state index in [-0.39, 0.29) is 48.2 Å². The molecule has 0 radical (unpaired) electrons. The third-order valence-corrected chi connectivity index (χ3v) is 5.53. The second-order valence-corrected chi connectivity index (χ2v) is 8.42. The molecule has 0 spiro atoms. The predicted octanol–water partition coefficient (Wildman–Crippen LogP) is 1.94. The van der Waals surface area contributed by atoms with Gasteiger partial charge in [0.2, 0.25) is 17.3 Å². The van der Waals surface area contributed by atoms with Gasteiger partial charge >= 0.3 is 0 Å². The normalized spacial score (nSPS) is 10.9. The molecule has 0 unspecified atom stereocenters. The van der Waals surface area contributed by atoms with Crippen LogP contribution in [-0.4, -0.2) is 122 Å². The number of aliphatic hydroxyl groups excluding tert-OH is 1. The number of Topliss-reactive ketones (excluding diaryl/α,β-unsaturated/α-hetero) is 2. The number of aromatic hydroxyl groups is 1. The lowest BCUT2D eigenvalue weighted by Gasteiger charge is -2.14. The molecular weight excluding hydrogens is 556 g/mol. The van der Waals surface area contributed by atoms with E-state index in [0.29, 0.717) is 71.0 Å². The van der Waals surface area contributed by atoms with Crippen molar-refractivity contribution >= 4 is 11.6 Å². The Kier molecular flexibility index (Phi) is 16.9. The highest BCUT2D eigenvalue weighted by molar-refractivity contribution is 6.49. The van der Waals surface area contributed by atoms with Gasteiger partial charge in [0.15, 0.2) is 11.5 Å². The van der Waals surface area contributed by atoms with Crippen LogP contribution in [0.4, 0.5) is 0 Å². The Balaban J connectivity index is 1.72. The van der Waals surface area contributed by atoms with Crippen molar-refractivity contribution in [2.75, 3.05) is 101 Å². The predicted molar refractivity (Wildman–Crippen MR) is 150 cm³/mol. The fraction of sp³-hybridized carbons (Fsp3) is 0.517. The van der Waals surface area contributed by atoms with Crippen molar-refractivity contribution in [2.45, 2.75) is 0 Å². The number of methoxy groups -OCH3 is 3. The first-order valence-electron chi connectivity index (χ1n) is 13.3. The number of hydrogen-bond donors (Lipinski definition) is 2. The van der Waals surface area contributed by atoms with Crippen LogP contribution in [0.15, 0.2) is 30.3 Å². The summed E-state index contributed by atoms with van der Waals surface area (Å²) in [6.45, 7) is 3.82. The molecule has 0 aliphatic heterocycles. The fourth-order valence-corrected chi connectivity index (χ4v) is 3.49. The van der Waals surface area contributed by atoms with E-state index >= 15 is 0 Å². The molecule has 0 atom stereocenters. The van der Waals surface area contributed by atoms with Gasteiger partial charge in [0, 0.05) is 17.2 Å². The zero-order chi connectivity index (χ0) is 30.6. The van der Waals surface area contributed by atoms with Gasteiger partial charge in [-0.2, -0.15) is 0 Å². The van der Waals surface area contributed by atoms with Gasteiger partial charge in [-0.15, -0.1) is 0 Å². The first-order valence-corrected chi connectivity index (χ1v) is 13.3. The van der Waals surface area contributed by atoms with Gasteiger partial charge in [-0.25, -0.2) is 0 Å². The lowest BCUT2D eigenvalue weighted by atomic mass is 10.0. The molecule has 0 fully saturated rings. The number of phenols is 1. The molecule has 2 aromatic carbocycles. The Morgan fingerprint density at radius 3 is 1.43 bits per heavy atom. The first-order chi connectivity index (χ1) is 20.4. The third kappa shape index (κ3) is 12.2. The Bertz CT molecular complexity index is 1070. The van der Waals surface area contributed by atoms with Crippen LogP contribution in [0.2, 0.25) is 0 Å². The second kappa shape index (κ2) is 20.4. The van der Waals surface area contributed by atoms with Crippen molar-refractivity contribution in [3.8, 4) is 28.7 Å². The van der Waals surface area contributed by atoms with Gasteiger partial charge in [0.1, 0.15) is 18.1 Å². The maximum Gasteiger partial charge on any atom is 0.233 e. The molecule has 0 saturated carbocycles.